The number of Topliss-reactive ketones (excluding diaryl/α,β-unsaturated/α-hetero) is 2. The number of carbonyl (C=O) groups is 3. The van der Waals surface area contributed by atoms with Gasteiger partial charge in [-0.1, -0.05) is 22.6 Å². The highest BCUT2D eigenvalue weighted by Crippen LogP contribution is 2.14. The molecule has 12 heavy (non-hydrogen) atoms. The molecule has 0 N–H and O–H groups in total. The molecule has 0 unspecified atom stereocenters. The summed E-state index contributed by atoms with van der Waals surface area (Å²) in [5.74, 6) is -1.07. The van der Waals surface area contributed by atoms with Gasteiger partial charge in [-0.2, -0.15) is 0 Å². The number of carbonyl (C=O) groups excluding carboxylic acids is 3. The second-order valence-corrected chi connectivity index (χ2v) is 3.20. The second-order valence-electron chi connectivity index (χ2n) is 2.44. The Bertz CT molecular complexity index is 220. The fraction of sp³-hybridized carbons (Fsp3) is 0.571. The first-order chi connectivity index (χ1) is 5.65. The van der Waals surface area contributed by atoms with Crippen LogP contribution >= 0.6 is 22.6 Å². The van der Waals surface area contributed by atoms with E-state index in [9.17, 15) is 14.4 Å². The molecule has 1 aliphatic rings. The highest BCUT2D eigenvalue weighted by Gasteiger charge is 2.35. The zero-order valence-corrected chi connectivity index (χ0v) is 8.37. The molecule has 66 valence electrons. The number of esters is 1. The summed E-state index contributed by atoms with van der Waals surface area (Å²) >= 11 is 1.82. The minimum absolute atomic E-state index is 0.162. The minimum atomic E-state index is -1.10. The fourth-order valence-corrected chi connectivity index (χ4v) is 1.16. The van der Waals surface area contributed by atoms with E-state index in [1.54, 1.807) is 0 Å². The maximum Gasteiger partial charge on any atom is 0.316 e. The monoisotopic (exact) mass is 282 g/mol. The van der Waals surface area contributed by atoms with Gasteiger partial charge < -0.3 is 4.74 Å². The third-order valence-corrected chi connectivity index (χ3v) is 2.18. The molecule has 1 fully saturated rings. The van der Waals surface area contributed by atoms with Crippen molar-refractivity contribution in [1.29, 1.82) is 0 Å². The normalized spacial score (nSPS) is 18.4. The smallest absolute Gasteiger partial charge is 0.316 e. The van der Waals surface area contributed by atoms with Crippen LogP contribution in [0.3, 0.4) is 0 Å². The lowest BCUT2D eigenvalue weighted by Crippen LogP contribution is -2.28. The van der Waals surface area contributed by atoms with Crippen LogP contribution < -0.4 is 0 Å². The van der Waals surface area contributed by atoms with Crippen LogP contribution in [0.1, 0.15) is 12.8 Å². The van der Waals surface area contributed by atoms with Gasteiger partial charge in [0.25, 0.3) is 0 Å². The van der Waals surface area contributed by atoms with Gasteiger partial charge in [0, 0.05) is 12.8 Å². The second kappa shape index (κ2) is 3.97. The quantitative estimate of drug-likeness (QED) is 0.315. The summed E-state index contributed by atoms with van der Waals surface area (Å²) in [7, 11) is 0. The molecule has 1 aliphatic carbocycles. The first-order valence-electron chi connectivity index (χ1n) is 3.46. The Labute approximate surface area is 82.8 Å². The van der Waals surface area contributed by atoms with Crippen LogP contribution in [0.2, 0.25) is 0 Å². The first-order valence-corrected chi connectivity index (χ1v) is 4.98. The summed E-state index contributed by atoms with van der Waals surface area (Å²) in [6, 6.07) is 0. The summed E-state index contributed by atoms with van der Waals surface area (Å²) in [5.41, 5.74) is 0. The van der Waals surface area contributed by atoms with Crippen LogP contribution in [-0.2, 0) is 19.1 Å². The molecule has 1 saturated carbocycles. The summed E-state index contributed by atoms with van der Waals surface area (Å²) in [6.45, 7) is 0. The molecular weight excluding hydrogens is 275 g/mol. The average molecular weight is 282 g/mol. The molecule has 5 heteroatoms. The zero-order valence-electron chi connectivity index (χ0n) is 6.21. The van der Waals surface area contributed by atoms with Crippen molar-refractivity contribution < 1.29 is 19.1 Å². The van der Waals surface area contributed by atoms with Crippen LogP contribution in [-0.4, -0.2) is 28.1 Å². The van der Waals surface area contributed by atoms with E-state index >= 15 is 0 Å². The molecular formula is C7H7IO4. The lowest BCUT2D eigenvalue weighted by molar-refractivity contribution is -0.154. The Morgan fingerprint density at radius 3 is 2.33 bits per heavy atom. The third-order valence-electron chi connectivity index (χ3n) is 1.56. The third kappa shape index (κ3) is 2.02. The predicted molar refractivity (Wildman–Crippen MR) is 48.0 cm³/mol. The van der Waals surface area contributed by atoms with E-state index in [0.717, 1.165) is 0 Å². The van der Waals surface area contributed by atoms with Crippen LogP contribution in [0.5, 0.6) is 0 Å². The molecule has 0 heterocycles. The number of ketones is 2. The van der Waals surface area contributed by atoms with Gasteiger partial charge >= 0.3 is 5.97 Å². The van der Waals surface area contributed by atoms with E-state index in [2.05, 4.69) is 4.74 Å². The van der Waals surface area contributed by atoms with E-state index in [1.807, 2.05) is 22.6 Å². The van der Waals surface area contributed by atoms with Gasteiger partial charge in [0.1, 0.15) is 0 Å². The molecule has 0 aliphatic heterocycles. The Kier molecular flexibility index (Phi) is 3.19. The number of rotatable bonds is 2. The largest absolute Gasteiger partial charge is 0.446 e. The number of hydrogen-bond donors (Lipinski definition) is 0. The summed E-state index contributed by atoms with van der Waals surface area (Å²) in [5, 5.41) is 0. The first kappa shape index (κ1) is 9.63. The van der Waals surface area contributed by atoms with Crippen molar-refractivity contribution in [2.45, 2.75) is 18.9 Å². The van der Waals surface area contributed by atoms with Gasteiger partial charge in [0.2, 0.25) is 6.10 Å². The van der Waals surface area contributed by atoms with Gasteiger partial charge in [0.15, 0.2) is 11.6 Å². The number of halogens is 1. The van der Waals surface area contributed by atoms with Crippen LogP contribution in [0.25, 0.3) is 0 Å². The maximum absolute atomic E-state index is 10.9. The van der Waals surface area contributed by atoms with Crippen molar-refractivity contribution in [2.24, 2.45) is 0 Å². The molecule has 1 rings (SSSR count). The molecule has 0 atom stereocenters. The summed E-state index contributed by atoms with van der Waals surface area (Å²) < 4.78 is 4.80. The van der Waals surface area contributed by atoms with E-state index in [0.29, 0.717) is 0 Å². The van der Waals surface area contributed by atoms with Gasteiger partial charge in [-0.05, 0) is 0 Å². The van der Waals surface area contributed by atoms with Crippen molar-refractivity contribution in [3.8, 4) is 0 Å². The summed E-state index contributed by atoms with van der Waals surface area (Å²) in [6.07, 6.45) is -0.692. The molecule has 0 saturated heterocycles. The predicted octanol–water partition coefficient (Wildman–Crippen LogP) is 0.265. The van der Waals surface area contributed by atoms with E-state index in [4.69, 9.17) is 0 Å². The molecule has 0 aromatic rings. The molecule has 0 radical (unpaired) electrons. The van der Waals surface area contributed by atoms with Crippen LogP contribution in [0.15, 0.2) is 0 Å². The number of ether oxygens (including phenoxy) is 1. The Balaban J connectivity index is 2.56. The summed E-state index contributed by atoms with van der Waals surface area (Å²) in [4.78, 5) is 32.6. The molecule has 0 bridgehead atoms. The maximum atomic E-state index is 10.9. The fourth-order valence-electron chi connectivity index (χ4n) is 0.983. The van der Waals surface area contributed by atoms with Gasteiger partial charge in [0.05, 0.1) is 4.43 Å². The lowest BCUT2D eigenvalue weighted by Gasteiger charge is -2.06. The molecule has 0 aromatic heterocycles. The molecule has 0 amide bonds. The van der Waals surface area contributed by atoms with Crippen LogP contribution in [0.4, 0.5) is 0 Å². The Morgan fingerprint density at radius 2 is 1.92 bits per heavy atom. The highest BCUT2D eigenvalue weighted by atomic mass is 127. The van der Waals surface area contributed by atoms with Crippen molar-refractivity contribution in [1.82, 2.24) is 0 Å². The number of alkyl halides is 1. The SMILES string of the molecule is O=C(CI)OC1C(=O)CCC1=O. The molecule has 4 nitrogen and oxygen atoms in total. The average Bonchev–Trinajstić information content (AvgIpc) is 2.35. The lowest BCUT2D eigenvalue weighted by atomic mass is 10.3. The van der Waals surface area contributed by atoms with E-state index < -0.39 is 12.1 Å². The van der Waals surface area contributed by atoms with Crippen molar-refractivity contribution in [3.05, 3.63) is 0 Å². The highest BCUT2D eigenvalue weighted by molar-refractivity contribution is 14.1. The molecule has 0 aromatic carbocycles. The van der Waals surface area contributed by atoms with Gasteiger partial charge in [-0.3, -0.25) is 14.4 Å². The van der Waals surface area contributed by atoms with Crippen molar-refractivity contribution in [2.75, 3.05) is 4.43 Å². The minimum Gasteiger partial charge on any atom is -0.446 e. The molecule has 0 spiro atoms. The van der Waals surface area contributed by atoms with Crippen molar-refractivity contribution in [3.63, 3.8) is 0 Å². The topological polar surface area (TPSA) is 60.4 Å². The Morgan fingerprint density at radius 1 is 1.42 bits per heavy atom. The van der Waals surface area contributed by atoms with Crippen molar-refractivity contribution >= 4 is 40.1 Å². The standard InChI is InChI=1S/C7H7IO4/c8-3-6(11)12-7-4(9)1-2-5(7)10/h7H,1-3H2. The van der Waals surface area contributed by atoms with E-state index in [-0.39, 0.29) is 28.8 Å². The van der Waals surface area contributed by atoms with Crippen LogP contribution in [0, 0.1) is 0 Å². The van der Waals surface area contributed by atoms with Gasteiger partial charge in [-0.25, -0.2) is 0 Å². The van der Waals surface area contributed by atoms with E-state index in [1.165, 1.54) is 0 Å². The Hall–Kier alpha value is -0.460. The number of hydrogen-bond acceptors (Lipinski definition) is 4. The zero-order chi connectivity index (χ0) is 9.14. The van der Waals surface area contributed by atoms with Gasteiger partial charge in [-0.15, -0.1) is 0 Å².